The molecule has 2 aromatic carbocycles. The lowest BCUT2D eigenvalue weighted by atomic mass is 9.78. The number of carbonyl (C=O) groups is 2. The summed E-state index contributed by atoms with van der Waals surface area (Å²) in [6.07, 6.45) is 2.35. The number of nitrogens with zero attached hydrogens (tertiary/aromatic N) is 2. The number of aliphatic carboxylic acids is 1. The number of ether oxygens (including phenoxy) is 2. The monoisotopic (exact) mass is 574 g/mol. The summed E-state index contributed by atoms with van der Waals surface area (Å²) in [5.74, 6) is -1.39. The van der Waals surface area contributed by atoms with Gasteiger partial charge in [0.05, 0.1) is 17.8 Å². The van der Waals surface area contributed by atoms with Crippen LogP contribution in [0.5, 0.6) is 5.75 Å². The molecule has 2 aliphatic heterocycles. The minimum absolute atomic E-state index is 0.108. The SMILES string of the molecule is Cc1ccc(C(=O)N2CCc3c(C)c([C@@H](OC(C)(C)C)C(=O)O)c(-c4cc(F)c5c(c4C)CCCO5)c(C)c3C2)cn1. The zero-order valence-electron chi connectivity index (χ0n) is 25.5. The quantitative estimate of drug-likeness (QED) is 0.370. The Balaban J connectivity index is 1.73. The Labute approximate surface area is 246 Å². The van der Waals surface area contributed by atoms with E-state index in [1.165, 1.54) is 6.07 Å². The highest BCUT2D eigenvalue weighted by Crippen LogP contribution is 2.46. The summed E-state index contributed by atoms with van der Waals surface area (Å²) in [5, 5.41) is 10.5. The Morgan fingerprint density at radius 3 is 2.43 bits per heavy atom. The number of amides is 1. The highest BCUT2D eigenvalue weighted by molar-refractivity contribution is 5.94. The first-order chi connectivity index (χ1) is 19.8. The summed E-state index contributed by atoms with van der Waals surface area (Å²) >= 11 is 0. The molecule has 1 N–H and O–H groups in total. The molecule has 0 spiro atoms. The Morgan fingerprint density at radius 1 is 1.05 bits per heavy atom. The minimum atomic E-state index is -1.27. The van der Waals surface area contributed by atoms with Gasteiger partial charge in [-0.1, -0.05) is 0 Å². The van der Waals surface area contributed by atoms with Crippen LogP contribution in [0.25, 0.3) is 11.1 Å². The van der Waals surface area contributed by atoms with Crippen molar-refractivity contribution >= 4 is 11.9 Å². The lowest BCUT2D eigenvalue weighted by molar-refractivity contribution is -0.160. The number of benzene rings is 2. The fourth-order valence-electron chi connectivity index (χ4n) is 6.35. The van der Waals surface area contributed by atoms with Crippen LogP contribution in [-0.4, -0.2) is 45.6 Å². The maximum absolute atomic E-state index is 15.6. The number of carboxylic acids is 1. The highest BCUT2D eigenvalue weighted by Gasteiger charge is 2.36. The van der Waals surface area contributed by atoms with Gasteiger partial charge in [-0.05, 0) is 125 Å². The molecule has 222 valence electrons. The van der Waals surface area contributed by atoms with E-state index in [9.17, 15) is 14.7 Å². The van der Waals surface area contributed by atoms with E-state index in [0.29, 0.717) is 54.8 Å². The van der Waals surface area contributed by atoms with E-state index in [2.05, 4.69) is 4.98 Å². The van der Waals surface area contributed by atoms with Crippen LogP contribution in [0, 0.1) is 33.5 Å². The summed E-state index contributed by atoms with van der Waals surface area (Å²) in [6, 6.07) is 5.08. The molecule has 1 atom stereocenters. The van der Waals surface area contributed by atoms with E-state index >= 15 is 4.39 Å². The predicted molar refractivity (Wildman–Crippen MR) is 158 cm³/mol. The lowest BCUT2D eigenvalue weighted by Gasteiger charge is -2.36. The number of aryl methyl sites for hydroxylation is 1. The second kappa shape index (κ2) is 11.1. The molecule has 1 amide bonds. The number of fused-ring (bicyclic) bond motifs is 2. The minimum Gasteiger partial charge on any atom is -0.490 e. The van der Waals surface area contributed by atoms with Gasteiger partial charge in [0.25, 0.3) is 5.91 Å². The normalized spacial score (nSPS) is 15.5. The average Bonchev–Trinajstić information content (AvgIpc) is 2.95. The standard InChI is InChI=1S/C34H39FN2O5/c1-18-10-11-22(16-36-18)32(38)37-13-12-23-20(3)29(31(33(39)40)42-34(5,6)7)28(21(4)26(23)17-37)25-15-27(35)30-24(19(25)2)9-8-14-41-30/h10-11,15-16,31H,8-9,12-14,17H2,1-7H3,(H,39,40)/t31-/m1/s1. The van der Waals surface area contributed by atoms with Crippen molar-refractivity contribution in [1.29, 1.82) is 0 Å². The number of carboxylic acid groups (broad SMARTS) is 1. The summed E-state index contributed by atoms with van der Waals surface area (Å²) in [4.78, 5) is 32.4. The van der Waals surface area contributed by atoms with Gasteiger partial charge in [-0.15, -0.1) is 0 Å². The molecule has 0 unspecified atom stereocenters. The van der Waals surface area contributed by atoms with Crippen molar-refractivity contribution in [1.82, 2.24) is 9.88 Å². The molecule has 0 fully saturated rings. The summed E-state index contributed by atoms with van der Waals surface area (Å²) in [5.41, 5.74) is 7.71. The maximum atomic E-state index is 15.6. The number of hydrogen-bond acceptors (Lipinski definition) is 5. The molecule has 3 heterocycles. The van der Waals surface area contributed by atoms with E-state index in [0.717, 1.165) is 45.5 Å². The van der Waals surface area contributed by atoms with Crippen LogP contribution in [0.1, 0.15) is 88.3 Å². The molecule has 42 heavy (non-hydrogen) atoms. The first-order valence-corrected chi connectivity index (χ1v) is 14.5. The van der Waals surface area contributed by atoms with E-state index in [1.807, 2.05) is 54.5 Å². The molecule has 8 heteroatoms. The second-order valence-electron chi connectivity index (χ2n) is 12.4. The third-order valence-corrected chi connectivity index (χ3v) is 8.41. The van der Waals surface area contributed by atoms with Gasteiger partial charge < -0.3 is 19.5 Å². The Hall–Kier alpha value is -3.78. The highest BCUT2D eigenvalue weighted by atomic mass is 19.1. The Kier molecular flexibility index (Phi) is 7.88. The van der Waals surface area contributed by atoms with Crippen LogP contribution >= 0.6 is 0 Å². The van der Waals surface area contributed by atoms with Gasteiger partial charge >= 0.3 is 5.97 Å². The molecule has 0 saturated carbocycles. The third kappa shape index (κ3) is 5.40. The van der Waals surface area contributed by atoms with Crippen molar-refractivity contribution in [2.75, 3.05) is 13.2 Å². The van der Waals surface area contributed by atoms with Crippen molar-refractivity contribution < 1.29 is 28.6 Å². The van der Waals surface area contributed by atoms with Crippen LogP contribution in [0.4, 0.5) is 4.39 Å². The topological polar surface area (TPSA) is 89.0 Å². The molecule has 1 aromatic heterocycles. The van der Waals surface area contributed by atoms with Crippen molar-refractivity contribution in [2.24, 2.45) is 0 Å². The first-order valence-electron chi connectivity index (χ1n) is 14.5. The van der Waals surface area contributed by atoms with Crippen molar-refractivity contribution in [3.63, 3.8) is 0 Å². The van der Waals surface area contributed by atoms with Gasteiger partial charge in [0.15, 0.2) is 17.7 Å². The van der Waals surface area contributed by atoms with Gasteiger partial charge in [-0.3, -0.25) is 9.78 Å². The van der Waals surface area contributed by atoms with Crippen molar-refractivity contribution in [2.45, 2.75) is 86.0 Å². The van der Waals surface area contributed by atoms with Gasteiger partial charge in [-0.25, -0.2) is 9.18 Å². The Bertz CT molecular complexity index is 1570. The number of aromatic nitrogens is 1. The number of hydrogen-bond donors (Lipinski definition) is 1. The van der Waals surface area contributed by atoms with E-state index in [-0.39, 0.29) is 11.7 Å². The zero-order valence-corrected chi connectivity index (χ0v) is 25.5. The number of carbonyl (C=O) groups excluding carboxylic acids is 1. The van der Waals surface area contributed by atoms with Gasteiger partial charge in [0.2, 0.25) is 0 Å². The first kappa shape index (κ1) is 29.7. The molecule has 7 nitrogen and oxygen atoms in total. The summed E-state index contributed by atoms with van der Waals surface area (Å²) < 4.78 is 27.5. The lowest BCUT2D eigenvalue weighted by Crippen LogP contribution is -2.37. The van der Waals surface area contributed by atoms with E-state index < -0.39 is 23.5 Å². The maximum Gasteiger partial charge on any atom is 0.337 e. The molecule has 0 aliphatic carbocycles. The number of rotatable bonds is 5. The molecular weight excluding hydrogens is 535 g/mol. The fraction of sp³-hybridized carbons (Fsp3) is 0.441. The fourth-order valence-corrected chi connectivity index (χ4v) is 6.35. The second-order valence-corrected chi connectivity index (χ2v) is 12.4. The van der Waals surface area contributed by atoms with Gasteiger partial charge in [0, 0.05) is 36.1 Å². The summed E-state index contributed by atoms with van der Waals surface area (Å²) in [6.45, 7) is 14.5. The van der Waals surface area contributed by atoms with Crippen molar-refractivity contribution in [3.8, 4) is 16.9 Å². The smallest absolute Gasteiger partial charge is 0.337 e. The molecular formula is C34H39FN2O5. The largest absolute Gasteiger partial charge is 0.490 e. The number of halogens is 1. The Morgan fingerprint density at radius 2 is 1.79 bits per heavy atom. The van der Waals surface area contributed by atoms with Crippen molar-refractivity contribution in [3.05, 3.63) is 80.4 Å². The van der Waals surface area contributed by atoms with Crippen LogP contribution in [0.2, 0.25) is 0 Å². The summed E-state index contributed by atoms with van der Waals surface area (Å²) in [7, 11) is 0. The average molecular weight is 575 g/mol. The molecule has 0 saturated heterocycles. The van der Waals surface area contributed by atoms with Gasteiger partial charge in [0.1, 0.15) is 0 Å². The molecule has 3 aromatic rings. The zero-order chi connectivity index (χ0) is 30.5. The van der Waals surface area contributed by atoms with Crippen LogP contribution < -0.4 is 4.74 Å². The van der Waals surface area contributed by atoms with Crippen LogP contribution in [0.3, 0.4) is 0 Å². The van der Waals surface area contributed by atoms with Crippen LogP contribution in [-0.2, 0) is 28.9 Å². The molecule has 5 rings (SSSR count). The predicted octanol–water partition coefficient (Wildman–Crippen LogP) is 6.59. The molecule has 2 aliphatic rings. The van der Waals surface area contributed by atoms with Gasteiger partial charge in [-0.2, -0.15) is 0 Å². The van der Waals surface area contributed by atoms with E-state index in [1.54, 1.807) is 17.2 Å². The molecule has 0 radical (unpaired) electrons. The van der Waals surface area contributed by atoms with E-state index in [4.69, 9.17) is 9.47 Å². The third-order valence-electron chi connectivity index (χ3n) is 8.41. The van der Waals surface area contributed by atoms with Crippen LogP contribution in [0.15, 0.2) is 24.4 Å². The molecule has 0 bridgehead atoms. The number of pyridine rings is 1.